The Bertz CT molecular complexity index is 1090. The lowest BCUT2D eigenvalue weighted by Crippen LogP contribution is -2.35. The van der Waals surface area contributed by atoms with Crippen molar-refractivity contribution in [3.05, 3.63) is 53.2 Å². The number of aromatic nitrogens is 2. The third-order valence-corrected chi connectivity index (χ3v) is 7.08. The highest BCUT2D eigenvalue weighted by Crippen LogP contribution is 2.40. The summed E-state index contributed by atoms with van der Waals surface area (Å²) >= 11 is 1.75. The molecule has 3 aromatic rings. The third kappa shape index (κ3) is 5.23. The van der Waals surface area contributed by atoms with Crippen LogP contribution in [0.4, 0.5) is 0 Å². The first-order valence-electron chi connectivity index (χ1n) is 11.5. The number of benzene rings is 1. The van der Waals surface area contributed by atoms with Gasteiger partial charge in [0.25, 0.3) is 0 Å². The van der Waals surface area contributed by atoms with Crippen molar-refractivity contribution in [2.75, 3.05) is 26.4 Å². The van der Waals surface area contributed by atoms with Gasteiger partial charge in [0.15, 0.2) is 11.5 Å². The number of carbonyl (C=O) groups is 1. The van der Waals surface area contributed by atoms with Gasteiger partial charge < -0.3 is 19.1 Å². The lowest BCUT2D eigenvalue weighted by Gasteiger charge is -2.24. The molecule has 1 fully saturated rings. The van der Waals surface area contributed by atoms with E-state index in [0.29, 0.717) is 26.3 Å². The molecule has 1 unspecified atom stereocenters. The first-order chi connectivity index (χ1) is 16.2. The van der Waals surface area contributed by atoms with Crippen molar-refractivity contribution in [3.8, 4) is 21.9 Å². The van der Waals surface area contributed by atoms with Crippen molar-refractivity contribution < 1.29 is 19.0 Å². The van der Waals surface area contributed by atoms with E-state index in [4.69, 9.17) is 14.2 Å². The van der Waals surface area contributed by atoms with Crippen LogP contribution in [0.2, 0.25) is 0 Å². The Balaban J connectivity index is 1.42. The molecule has 0 N–H and O–H groups in total. The molecule has 5 rings (SSSR count). The van der Waals surface area contributed by atoms with Gasteiger partial charge in [0.2, 0.25) is 5.91 Å². The zero-order chi connectivity index (χ0) is 22.6. The molecule has 1 atom stereocenters. The van der Waals surface area contributed by atoms with Gasteiger partial charge in [-0.2, -0.15) is 5.10 Å². The lowest BCUT2D eigenvalue weighted by atomic mass is 10.1. The molecule has 1 amide bonds. The zero-order valence-corrected chi connectivity index (χ0v) is 19.7. The molecular formula is C25H29N3O4S. The van der Waals surface area contributed by atoms with E-state index in [1.54, 1.807) is 28.4 Å². The minimum Gasteiger partial charge on any atom is -0.487 e. The van der Waals surface area contributed by atoms with E-state index in [0.717, 1.165) is 42.1 Å². The highest BCUT2D eigenvalue weighted by atomic mass is 32.1. The minimum absolute atomic E-state index is 0.0191. The van der Waals surface area contributed by atoms with Gasteiger partial charge in [0, 0.05) is 40.9 Å². The van der Waals surface area contributed by atoms with Gasteiger partial charge in [-0.05, 0) is 62.1 Å². The summed E-state index contributed by atoms with van der Waals surface area (Å²) in [6, 6.07) is 10.3. The van der Waals surface area contributed by atoms with Crippen molar-refractivity contribution in [2.24, 2.45) is 0 Å². The summed E-state index contributed by atoms with van der Waals surface area (Å²) < 4.78 is 20.0. The van der Waals surface area contributed by atoms with E-state index in [-0.39, 0.29) is 18.6 Å². The number of amides is 1. The van der Waals surface area contributed by atoms with Crippen LogP contribution < -0.4 is 9.47 Å². The predicted octanol–water partition coefficient (Wildman–Crippen LogP) is 4.29. The Kier molecular flexibility index (Phi) is 6.64. The van der Waals surface area contributed by atoms with Crippen molar-refractivity contribution in [1.82, 2.24) is 14.7 Å². The molecule has 2 aliphatic rings. The highest BCUT2D eigenvalue weighted by Gasteiger charge is 2.25. The van der Waals surface area contributed by atoms with E-state index in [1.165, 1.54) is 16.2 Å². The van der Waals surface area contributed by atoms with E-state index in [9.17, 15) is 4.79 Å². The molecule has 1 aromatic carbocycles. The molecule has 174 valence electrons. The van der Waals surface area contributed by atoms with Gasteiger partial charge in [-0.1, -0.05) is 0 Å². The lowest BCUT2D eigenvalue weighted by molar-refractivity contribution is -0.132. The number of ether oxygens (including phenoxy) is 3. The summed E-state index contributed by atoms with van der Waals surface area (Å²) in [5.74, 6) is 1.48. The average Bonchev–Trinajstić information content (AvgIpc) is 3.45. The van der Waals surface area contributed by atoms with E-state index in [2.05, 4.69) is 36.3 Å². The molecule has 0 saturated carbocycles. The molecule has 0 radical (unpaired) electrons. The van der Waals surface area contributed by atoms with E-state index < -0.39 is 0 Å². The monoisotopic (exact) mass is 467 g/mol. The summed E-state index contributed by atoms with van der Waals surface area (Å²) in [5, 5.41) is 4.17. The number of carbonyl (C=O) groups excluding carboxylic acids is 1. The molecular weight excluding hydrogens is 438 g/mol. The molecule has 0 spiro atoms. The summed E-state index contributed by atoms with van der Waals surface area (Å²) in [4.78, 5) is 17.2. The fourth-order valence-corrected chi connectivity index (χ4v) is 5.14. The van der Waals surface area contributed by atoms with Crippen LogP contribution in [0.1, 0.15) is 29.7 Å². The predicted molar refractivity (Wildman–Crippen MR) is 127 cm³/mol. The van der Waals surface area contributed by atoms with E-state index >= 15 is 0 Å². The van der Waals surface area contributed by atoms with Crippen molar-refractivity contribution in [1.29, 1.82) is 0 Å². The maximum atomic E-state index is 13.0. The smallest absolute Gasteiger partial charge is 0.244 e. The standard InChI is InChI=1S/C25H29N3O4S/c1-18-6-7-23(33-18)19-13-20-15-27(24(29)16-28-9-4-8-26-28)10-12-31-25(20)22(14-19)32-17-21-5-2-3-11-30-21/h4,6-9,13-14,21H,2-3,5,10-12,15-17H2,1H3. The van der Waals surface area contributed by atoms with Crippen molar-refractivity contribution in [3.63, 3.8) is 0 Å². The van der Waals surface area contributed by atoms with Crippen LogP contribution in [0, 0.1) is 6.92 Å². The van der Waals surface area contributed by atoms with Crippen LogP contribution in [0.3, 0.4) is 0 Å². The number of hydrogen-bond donors (Lipinski definition) is 0. The number of rotatable bonds is 6. The fraction of sp³-hybridized carbons (Fsp3) is 0.440. The second-order valence-corrected chi connectivity index (χ2v) is 9.83. The molecule has 33 heavy (non-hydrogen) atoms. The third-order valence-electron chi connectivity index (χ3n) is 6.03. The molecule has 8 heteroatoms. The quantitative estimate of drug-likeness (QED) is 0.541. The van der Waals surface area contributed by atoms with Gasteiger partial charge in [0.1, 0.15) is 19.8 Å². The maximum absolute atomic E-state index is 13.0. The Morgan fingerprint density at radius 2 is 2.21 bits per heavy atom. The van der Waals surface area contributed by atoms with Crippen LogP contribution in [0.25, 0.3) is 10.4 Å². The highest BCUT2D eigenvalue weighted by molar-refractivity contribution is 7.15. The first-order valence-corrected chi connectivity index (χ1v) is 12.3. The Morgan fingerprint density at radius 1 is 1.27 bits per heavy atom. The Morgan fingerprint density at radius 3 is 2.97 bits per heavy atom. The van der Waals surface area contributed by atoms with Crippen molar-refractivity contribution in [2.45, 2.75) is 45.4 Å². The molecule has 2 aliphatic heterocycles. The molecule has 0 bridgehead atoms. The number of nitrogens with zero attached hydrogens (tertiary/aromatic N) is 3. The number of aryl methyl sites for hydroxylation is 1. The summed E-state index contributed by atoms with van der Waals surface area (Å²) in [6.45, 7) is 5.04. The van der Waals surface area contributed by atoms with E-state index in [1.807, 2.05) is 11.0 Å². The van der Waals surface area contributed by atoms with Gasteiger partial charge in [0.05, 0.1) is 12.6 Å². The summed E-state index contributed by atoms with van der Waals surface area (Å²) in [5.41, 5.74) is 2.04. The second-order valence-electron chi connectivity index (χ2n) is 8.54. The van der Waals surface area contributed by atoms with Gasteiger partial charge in [-0.3, -0.25) is 9.48 Å². The molecule has 7 nitrogen and oxygen atoms in total. The van der Waals surface area contributed by atoms with Gasteiger partial charge in [-0.25, -0.2) is 0 Å². The van der Waals surface area contributed by atoms with Crippen molar-refractivity contribution >= 4 is 17.2 Å². The largest absolute Gasteiger partial charge is 0.487 e. The first kappa shape index (κ1) is 22.0. The van der Waals surface area contributed by atoms with Crippen LogP contribution in [-0.2, 0) is 22.6 Å². The normalized spacial score (nSPS) is 18.3. The van der Waals surface area contributed by atoms with Crippen LogP contribution >= 0.6 is 11.3 Å². The fourth-order valence-electron chi connectivity index (χ4n) is 4.29. The maximum Gasteiger partial charge on any atom is 0.244 e. The zero-order valence-electron chi connectivity index (χ0n) is 18.9. The molecule has 4 heterocycles. The molecule has 0 aliphatic carbocycles. The average molecular weight is 468 g/mol. The second kappa shape index (κ2) is 9.97. The molecule has 2 aromatic heterocycles. The van der Waals surface area contributed by atoms with Crippen LogP contribution in [0.5, 0.6) is 11.5 Å². The number of fused-ring (bicyclic) bond motifs is 1. The van der Waals surface area contributed by atoms with Crippen LogP contribution in [-0.4, -0.2) is 53.1 Å². The summed E-state index contributed by atoms with van der Waals surface area (Å²) in [6.07, 6.45) is 6.90. The van der Waals surface area contributed by atoms with Gasteiger partial charge >= 0.3 is 0 Å². The number of thiophene rings is 1. The van der Waals surface area contributed by atoms with Crippen LogP contribution in [0.15, 0.2) is 42.7 Å². The van der Waals surface area contributed by atoms with Gasteiger partial charge in [-0.15, -0.1) is 11.3 Å². The number of hydrogen-bond acceptors (Lipinski definition) is 6. The SMILES string of the molecule is Cc1ccc(-c2cc3c(c(OCC4CCCCO4)c2)OCCN(C(=O)Cn2cccn2)C3)s1. The Labute approximate surface area is 197 Å². The Hall–Kier alpha value is -2.84. The summed E-state index contributed by atoms with van der Waals surface area (Å²) in [7, 11) is 0. The minimum atomic E-state index is 0.0191. The topological polar surface area (TPSA) is 65.8 Å². The molecule has 1 saturated heterocycles.